The minimum Gasteiger partial charge on any atom is -0.679 e. The van der Waals surface area contributed by atoms with Crippen LogP contribution in [0.3, 0.4) is 0 Å². The Balaban J connectivity index is 0.000000519. The molecular weight excluding hydrogens is 623 g/mol. The molecule has 2 aliphatic heterocycles. The van der Waals surface area contributed by atoms with E-state index in [-0.39, 0.29) is 42.0 Å². The zero-order valence-corrected chi connectivity index (χ0v) is 24.2. The maximum absolute atomic E-state index is 12.1. The molecule has 2 aliphatic rings. The summed E-state index contributed by atoms with van der Waals surface area (Å²) in [7, 11) is 0.825. The predicted molar refractivity (Wildman–Crippen MR) is 146 cm³/mol. The topological polar surface area (TPSA) is 142 Å². The zero-order valence-electron chi connectivity index (χ0n) is 20.1. The number of anilines is 1. The van der Waals surface area contributed by atoms with E-state index >= 15 is 0 Å². The van der Waals surface area contributed by atoms with Crippen molar-refractivity contribution in [3.05, 3.63) is 71.1 Å². The minimum atomic E-state index is -3.74. The molecule has 2 fully saturated rings. The van der Waals surface area contributed by atoms with Crippen LogP contribution in [0.25, 0.3) is 10.5 Å². The standard InChI is InChI=1S/C18H25N5O4S2.C6H6.ClH.Ru/c19-9-10-20-29(26,27)13-7-5-12(6-8-13)21-16(24)4-2-1-3-15-17-14(11-28-15)22-18(25)23-17;1-2-4-6-5-3-1;;/h5-8,14-15,17,19H,1-4,9-11H2,(H,21,24)(H2,22,23,25);1-6H;1H;/q-2;;;+3/p-1/t14-,15-,17-;;;/m0.../s1. The molecule has 2 aromatic rings. The molecule has 2 saturated heterocycles. The van der Waals surface area contributed by atoms with Gasteiger partial charge in [-0.2, -0.15) is 24.9 Å². The molecule has 0 saturated carbocycles. The Hall–Kier alpha value is -1.69. The van der Waals surface area contributed by atoms with Gasteiger partial charge in [-0.25, -0.2) is 13.2 Å². The van der Waals surface area contributed by atoms with Gasteiger partial charge in [-0.3, -0.25) is 4.79 Å². The van der Waals surface area contributed by atoms with Crippen LogP contribution < -0.4 is 16.0 Å². The second-order valence-corrected chi connectivity index (χ2v) is 11.1. The number of nitrogens with one attached hydrogen (secondary N) is 4. The normalized spacial score (nSPS) is 19.7. The number of halogens is 1. The first kappa shape index (κ1) is 31.5. The maximum atomic E-state index is 12.1. The number of carbonyl (C=O) groups is 2. The summed E-state index contributed by atoms with van der Waals surface area (Å²) in [5.74, 6) is 0.809. The Kier molecular flexibility index (Phi) is 14.5. The van der Waals surface area contributed by atoms with E-state index in [0.717, 1.165) is 25.0 Å². The first-order chi connectivity index (χ1) is 17.9. The fourth-order valence-corrected chi connectivity index (χ4v) is 6.34. The van der Waals surface area contributed by atoms with E-state index in [1.165, 1.54) is 24.3 Å². The van der Waals surface area contributed by atoms with Gasteiger partial charge in [0.2, 0.25) is 5.91 Å². The van der Waals surface area contributed by atoms with E-state index in [2.05, 4.69) is 30.4 Å². The molecule has 203 valence electrons. The van der Waals surface area contributed by atoms with Crippen molar-refractivity contribution >= 4 is 49.1 Å². The zero-order chi connectivity index (χ0) is 27.1. The van der Waals surface area contributed by atoms with E-state index in [1.54, 1.807) is 0 Å². The van der Waals surface area contributed by atoms with Gasteiger partial charge in [0.05, 0.1) is 12.1 Å². The molecule has 4 rings (SSSR count). The van der Waals surface area contributed by atoms with Gasteiger partial charge in [0.25, 0.3) is 0 Å². The molecule has 2 aromatic carbocycles. The van der Waals surface area contributed by atoms with Crippen LogP contribution in [0.1, 0.15) is 25.7 Å². The molecule has 37 heavy (non-hydrogen) atoms. The van der Waals surface area contributed by atoms with Gasteiger partial charge in [0.1, 0.15) is 10.0 Å². The van der Waals surface area contributed by atoms with Crippen LogP contribution in [-0.4, -0.2) is 56.5 Å². The van der Waals surface area contributed by atoms with Gasteiger partial charge in [-0.15, -0.1) is 0 Å². The van der Waals surface area contributed by atoms with E-state index in [4.69, 9.17) is 5.73 Å². The maximum Gasteiger partial charge on any atom is 0.315 e. The molecule has 3 atom stereocenters. The van der Waals surface area contributed by atoms with Crippen molar-refractivity contribution in [1.82, 2.24) is 10.6 Å². The molecule has 4 N–H and O–H groups in total. The first-order valence-electron chi connectivity index (χ1n) is 11.7. The summed E-state index contributed by atoms with van der Waals surface area (Å²) < 4.78 is 27.4. The van der Waals surface area contributed by atoms with Crippen molar-refractivity contribution in [3.8, 4) is 0 Å². The van der Waals surface area contributed by atoms with Gasteiger partial charge >= 0.3 is 33.0 Å². The van der Waals surface area contributed by atoms with Crippen LogP contribution in [0.4, 0.5) is 10.5 Å². The summed E-state index contributed by atoms with van der Waals surface area (Å²) in [5, 5.41) is 9.04. The van der Waals surface area contributed by atoms with Crippen molar-refractivity contribution in [3.63, 3.8) is 0 Å². The molecule has 9 nitrogen and oxygen atoms in total. The average Bonchev–Trinajstić information content (AvgIpc) is 3.47. The molecule has 0 aromatic heterocycles. The quantitative estimate of drug-likeness (QED) is 0.191. The van der Waals surface area contributed by atoms with Crippen LogP contribution in [0.2, 0.25) is 0 Å². The van der Waals surface area contributed by atoms with Crippen molar-refractivity contribution < 1.29 is 35.3 Å². The summed E-state index contributed by atoms with van der Waals surface area (Å²) in [4.78, 5) is 23.5. The fraction of sp³-hybridized carbons (Fsp3) is 0.417. The number of hydrogen-bond donors (Lipinski definition) is 3. The third-order valence-electron chi connectivity index (χ3n) is 5.56. The van der Waals surface area contributed by atoms with Crippen molar-refractivity contribution in [1.29, 1.82) is 0 Å². The van der Waals surface area contributed by atoms with E-state index < -0.39 is 10.0 Å². The van der Waals surface area contributed by atoms with Crippen LogP contribution in [0, 0.1) is 0 Å². The largest absolute Gasteiger partial charge is 0.679 e. The number of thioether (sulfide) groups is 1. The molecule has 13 heteroatoms. The van der Waals surface area contributed by atoms with Gasteiger partial charge in [0.15, 0.2) is 0 Å². The monoisotopic (exact) mass is 654 g/mol. The van der Waals surface area contributed by atoms with Crippen molar-refractivity contribution in [2.45, 2.75) is 47.9 Å². The fourth-order valence-electron chi connectivity index (χ4n) is 3.83. The molecule has 0 unspecified atom stereocenters. The number of hydrogen-bond acceptors (Lipinski definition) is 5. The summed E-state index contributed by atoms with van der Waals surface area (Å²) in [6.07, 6.45) is 2.99. The number of benzene rings is 2. The number of rotatable bonds is 10. The Morgan fingerprint density at radius 3 is 2.30 bits per heavy atom. The van der Waals surface area contributed by atoms with Gasteiger partial charge < -0.3 is 26.4 Å². The Labute approximate surface area is 237 Å². The first-order valence-corrected chi connectivity index (χ1v) is 16.4. The van der Waals surface area contributed by atoms with E-state index in [1.807, 2.05) is 65.5 Å². The average molecular weight is 654 g/mol. The van der Waals surface area contributed by atoms with E-state index in [0.29, 0.717) is 17.4 Å². The Bertz CT molecular complexity index is 1040. The van der Waals surface area contributed by atoms with Gasteiger partial charge in [-0.05, 0) is 37.1 Å². The summed E-state index contributed by atoms with van der Waals surface area (Å²) in [6.45, 7) is -0.149. The Morgan fingerprint density at radius 2 is 1.70 bits per heavy atom. The predicted octanol–water partition coefficient (Wildman–Crippen LogP) is 4.84. The van der Waals surface area contributed by atoms with Crippen LogP contribution in [0.5, 0.6) is 0 Å². The second kappa shape index (κ2) is 17.0. The van der Waals surface area contributed by atoms with Crippen molar-refractivity contribution in [2.24, 2.45) is 0 Å². The summed E-state index contributed by atoms with van der Waals surface area (Å²) >= 11 is 3.68. The van der Waals surface area contributed by atoms with Crippen LogP contribution in [0.15, 0.2) is 65.6 Å². The molecule has 2 heterocycles. The van der Waals surface area contributed by atoms with Crippen LogP contribution in [-0.2, 0) is 32.1 Å². The molecule has 0 spiro atoms. The third kappa shape index (κ3) is 10.9. The molecule has 0 radical (unpaired) electrons. The number of sulfonamides is 1. The number of unbranched alkanes of at least 4 members (excludes halogenated alkanes) is 1. The van der Waals surface area contributed by atoms with Gasteiger partial charge in [-0.1, -0.05) is 42.8 Å². The smallest absolute Gasteiger partial charge is 0.315 e. The van der Waals surface area contributed by atoms with Crippen molar-refractivity contribution in [2.75, 3.05) is 24.2 Å². The summed E-state index contributed by atoms with van der Waals surface area (Å²) in [6, 6.07) is 18.2. The molecule has 3 amide bonds. The summed E-state index contributed by atoms with van der Waals surface area (Å²) in [5.41, 5.74) is 7.52. The molecule has 0 aliphatic carbocycles. The third-order valence-corrected chi connectivity index (χ3v) is 8.46. The second-order valence-electron chi connectivity index (χ2n) is 8.17. The molecular formula is C24H31ClN5O4RuS2. The SMILES string of the molecule is [Cl][Ru+2].[NH-]CC[N-]S(=O)(=O)c1ccc(NC(=O)CCCC[C@@H]2SC[C@@H]3NC(=O)N[C@@H]32)cc1.c1ccccc1. The van der Waals surface area contributed by atoms with Gasteiger partial charge in [0, 0.05) is 28.0 Å². The van der Waals surface area contributed by atoms with E-state index in [9.17, 15) is 18.0 Å². The minimum absolute atomic E-state index is 0.0461. The number of carbonyl (C=O) groups excluding carboxylic acids is 2. The number of urea groups is 1. The Morgan fingerprint density at radius 1 is 1.08 bits per heavy atom. The molecule has 0 bridgehead atoms. The number of nitrogens with zero attached hydrogens (tertiary/aromatic N) is 1. The number of amides is 3. The number of fused-ring (bicyclic) bond motifs is 1. The van der Waals surface area contributed by atoms with Crippen LogP contribution >= 0.6 is 21.5 Å².